The van der Waals surface area contributed by atoms with Gasteiger partial charge in [0.2, 0.25) is 0 Å². The van der Waals surface area contributed by atoms with Crippen molar-refractivity contribution in [2.24, 2.45) is 0 Å². The first kappa shape index (κ1) is 14.8. The molecule has 0 amide bonds. The van der Waals surface area contributed by atoms with Gasteiger partial charge in [-0.25, -0.2) is 13.4 Å². The van der Waals surface area contributed by atoms with E-state index in [2.05, 4.69) is 41.6 Å². The average Bonchev–Trinajstić information content (AvgIpc) is 2.33. The largest absolute Gasteiger partial charge is 0.278 e. The summed E-state index contributed by atoms with van der Waals surface area (Å²) in [6, 6.07) is 7.95. The standard InChI is InChI=1S/C11H7Br2ClN2O2S/c12-7-1-3-10(9(13)5-7)16-19(17,18)8-2-4-11(14)15-6-8/h1-6,16H. The van der Waals surface area contributed by atoms with Crippen LogP contribution in [0.1, 0.15) is 0 Å². The molecule has 0 aliphatic rings. The fourth-order valence-electron chi connectivity index (χ4n) is 1.30. The Morgan fingerprint density at radius 3 is 2.47 bits per heavy atom. The van der Waals surface area contributed by atoms with Crippen molar-refractivity contribution in [3.8, 4) is 0 Å². The molecule has 0 aliphatic carbocycles. The van der Waals surface area contributed by atoms with E-state index in [-0.39, 0.29) is 10.0 Å². The van der Waals surface area contributed by atoms with Crippen LogP contribution in [-0.2, 0) is 10.0 Å². The van der Waals surface area contributed by atoms with Crippen LogP contribution in [0.2, 0.25) is 5.15 Å². The quantitative estimate of drug-likeness (QED) is 0.753. The molecule has 0 bridgehead atoms. The zero-order valence-corrected chi connectivity index (χ0v) is 14.0. The summed E-state index contributed by atoms with van der Waals surface area (Å²) in [7, 11) is -3.68. The molecule has 2 rings (SSSR count). The molecule has 19 heavy (non-hydrogen) atoms. The normalized spacial score (nSPS) is 11.3. The van der Waals surface area contributed by atoms with Gasteiger partial charge in [-0.1, -0.05) is 27.5 Å². The van der Waals surface area contributed by atoms with Gasteiger partial charge in [0.25, 0.3) is 10.0 Å². The van der Waals surface area contributed by atoms with Gasteiger partial charge in [-0.15, -0.1) is 0 Å². The second-order valence-corrected chi connectivity index (χ2v) is 7.39. The molecule has 4 nitrogen and oxygen atoms in total. The first-order chi connectivity index (χ1) is 8.88. The van der Waals surface area contributed by atoms with Crippen LogP contribution in [0.5, 0.6) is 0 Å². The van der Waals surface area contributed by atoms with E-state index >= 15 is 0 Å². The molecule has 1 aromatic heterocycles. The molecular formula is C11H7Br2ClN2O2S. The maximum absolute atomic E-state index is 12.1. The van der Waals surface area contributed by atoms with E-state index in [9.17, 15) is 8.42 Å². The van der Waals surface area contributed by atoms with Gasteiger partial charge in [0.1, 0.15) is 10.0 Å². The Kier molecular flexibility index (Phi) is 4.50. The van der Waals surface area contributed by atoms with Gasteiger partial charge in [0, 0.05) is 15.1 Å². The van der Waals surface area contributed by atoms with E-state index < -0.39 is 10.0 Å². The fourth-order valence-corrected chi connectivity index (χ4v) is 3.71. The lowest BCUT2D eigenvalue weighted by atomic mass is 10.3. The molecule has 0 saturated heterocycles. The van der Waals surface area contributed by atoms with E-state index in [1.165, 1.54) is 18.3 Å². The molecule has 1 N–H and O–H groups in total. The number of hydrogen-bond acceptors (Lipinski definition) is 3. The Balaban J connectivity index is 2.33. The van der Waals surface area contributed by atoms with Crippen molar-refractivity contribution in [1.82, 2.24) is 4.98 Å². The summed E-state index contributed by atoms with van der Waals surface area (Å²) < 4.78 is 28.2. The van der Waals surface area contributed by atoms with Gasteiger partial charge >= 0.3 is 0 Å². The van der Waals surface area contributed by atoms with Gasteiger partial charge in [0.05, 0.1) is 5.69 Å². The van der Waals surface area contributed by atoms with Crippen molar-refractivity contribution < 1.29 is 8.42 Å². The van der Waals surface area contributed by atoms with E-state index in [4.69, 9.17) is 11.6 Å². The number of rotatable bonds is 3. The first-order valence-corrected chi connectivity index (χ1v) is 8.42. The van der Waals surface area contributed by atoms with E-state index in [1.807, 2.05) is 0 Å². The second-order valence-electron chi connectivity index (χ2n) is 3.55. The van der Waals surface area contributed by atoms with Crippen molar-refractivity contribution in [2.45, 2.75) is 4.90 Å². The lowest BCUT2D eigenvalue weighted by Gasteiger charge is -2.09. The number of aromatic nitrogens is 1. The lowest BCUT2D eigenvalue weighted by molar-refractivity contribution is 0.601. The molecular weight excluding hydrogens is 419 g/mol. The number of anilines is 1. The average molecular weight is 427 g/mol. The van der Waals surface area contributed by atoms with E-state index in [0.717, 1.165) is 4.47 Å². The predicted octanol–water partition coefficient (Wildman–Crippen LogP) is 4.06. The Morgan fingerprint density at radius 1 is 1.16 bits per heavy atom. The molecule has 0 saturated carbocycles. The maximum Gasteiger partial charge on any atom is 0.263 e. The third kappa shape index (κ3) is 3.68. The minimum atomic E-state index is -3.68. The Hall–Kier alpha value is -0.630. The molecule has 0 spiro atoms. The summed E-state index contributed by atoms with van der Waals surface area (Å²) in [5, 5.41) is 0.240. The van der Waals surface area contributed by atoms with Crippen LogP contribution in [0.4, 0.5) is 5.69 Å². The summed E-state index contributed by atoms with van der Waals surface area (Å²) in [6.07, 6.45) is 1.21. The first-order valence-electron chi connectivity index (χ1n) is 4.98. The van der Waals surface area contributed by atoms with Crippen molar-refractivity contribution in [1.29, 1.82) is 0 Å². The molecule has 0 atom stereocenters. The Bertz CT molecular complexity index is 705. The monoisotopic (exact) mass is 424 g/mol. The van der Waals surface area contributed by atoms with E-state index in [0.29, 0.717) is 10.2 Å². The van der Waals surface area contributed by atoms with Gasteiger partial charge in [0.15, 0.2) is 0 Å². The molecule has 1 aromatic carbocycles. The third-order valence-electron chi connectivity index (χ3n) is 2.19. The van der Waals surface area contributed by atoms with Crippen LogP contribution >= 0.6 is 43.5 Å². The molecule has 0 aliphatic heterocycles. The summed E-state index contributed by atoms with van der Waals surface area (Å²) >= 11 is 12.2. The van der Waals surface area contributed by atoms with Gasteiger partial charge in [-0.2, -0.15) is 0 Å². The molecule has 0 unspecified atom stereocenters. The highest BCUT2D eigenvalue weighted by Crippen LogP contribution is 2.28. The SMILES string of the molecule is O=S(=O)(Nc1ccc(Br)cc1Br)c1ccc(Cl)nc1. The highest BCUT2D eigenvalue weighted by Gasteiger charge is 2.16. The zero-order chi connectivity index (χ0) is 14.0. The number of halogens is 3. The van der Waals surface area contributed by atoms with Crippen LogP contribution in [-0.4, -0.2) is 13.4 Å². The summed E-state index contributed by atoms with van der Waals surface area (Å²) in [5.74, 6) is 0. The predicted molar refractivity (Wildman–Crippen MR) is 81.9 cm³/mol. The number of hydrogen-bond donors (Lipinski definition) is 1. The summed E-state index contributed by atoms with van der Waals surface area (Å²) in [5.41, 5.74) is 0.443. The summed E-state index contributed by atoms with van der Waals surface area (Å²) in [4.78, 5) is 3.80. The number of pyridine rings is 1. The minimum absolute atomic E-state index is 0.0479. The second kappa shape index (κ2) is 5.78. The lowest BCUT2D eigenvalue weighted by Crippen LogP contribution is -2.13. The highest BCUT2D eigenvalue weighted by molar-refractivity contribution is 9.11. The van der Waals surface area contributed by atoms with Crippen LogP contribution < -0.4 is 4.72 Å². The Morgan fingerprint density at radius 2 is 1.89 bits per heavy atom. The van der Waals surface area contributed by atoms with Crippen LogP contribution in [0.3, 0.4) is 0 Å². The van der Waals surface area contributed by atoms with Crippen LogP contribution in [0.15, 0.2) is 50.4 Å². The van der Waals surface area contributed by atoms with Crippen molar-refractivity contribution >= 4 is 59.2 Å². The number of sulfonamides is 1. The van der Waals surface area contributed by atoms with E-state index in [1.54, 1.807) is 18.2 Å². The fraction of sp³-hybridized carbons (Fsp3) is 0. The number of nitrogens with one attached hydrogen (secondary N) is 1. The zero-order valence-electron chi connectivity index (χ0n) is 9.27. The van der Waals surface area contributed by atoms with Gasteiger partial charge in [-0.3, -0.25) is 4.72 Å². The van der Waals surface area contributed by atoms with Gasteiger partial charge in [-0.05, 0) is 46.3 Å². The molecule has 8 heteroatoms. The highest BCUT2D eigenvalue weighted by atomic mass is 79.9. The van der Waals surface area contributed by atoms with Crippen molar-refractivity contribution in [2.75, 3.05) is 4.72 Å². The summed E-state index contributed by atoms with van der Waals surface area (Å²) in [6.45, 7) is 0. The van der Waals surface area contributed by atoms with Crippen LogP contribution in [0, 0.1) is 0 Å². The van der Waals surface area contributed by atoms with Gasteiger partial charge < -0.3 is 0 Å². The van der Waals surface area contributed by atoms with Crippen LogP contribution in [0.25, 0.3) is 0 Å². The smallest absolute Gasteiger partial charge is 0.263 e. The molecule has 2 aromatic rings. The molecule has 100 valence electrons. The number of nitrogens with zero attached hydrogens (tertiary/aromatic N) is 1. The molecule has 0 radical (unpaired) electrons. The van der Waals surface area contributed by atoms with Crippen molar-refractivity contribution in [3.05, 3.63) is 50.6 Å². The minimum Gasteiger partial charge on any atom is -0.278 e. The number of benzene rings is 1. The third-order valence-corrected chi connectivity index (χ3v) is 4.91. The molecule has 1 heterocycles. The molecule has 0 fully saturated rings. The van der Waals surface area contributed by atoms with Crippen molar-refractivity contribution in [3.63, 3.8) is 0 Å². The topological polar surface area (TPSA) is 59.1 Å². The Labute approximate surface area is 132 Å². The maximum atomic E-state index is 12.1.